The normalized spacial score (nSPS) is 11.2. The summed E-state index contributed by atoms with van der Waals surface area (Å²) in [5.41, 5.74) is 6.92. The quantitative estimate of drug-likeness (QED) is 0.725. The third-order valence-corrected chi connectivity index (χ3v) is 4.85. The zero-order chi connectivity index (χ0) is 18.0. The highest BCUT2D eigenvalue weighted by Gasteiger charge is 2.18. The smallest absolute Gasteiger partial charge is 0.282 e. The van der Waals surface area contributed by atoms with Crippen LogP contribution in [-0.4, -0.2) is 25.1 Å². The molecule has 0 bridgehead atoms. The van der Waals surface area contributed by atoms with Gasteiger partial charge in [-0.2, -0.15) is 12.8 Å². The molecule has 0 radical (unpaired) electrons. The van der Waals surface area contributed by atoms with Gasteiger partial charge in [0.1, 0.15) is 5.82 Å². The number of rotatable bonds is 4. The Morgan fingerprint density at radius 2 is 1.68 bits per heavy atom. The molecule has 0 aliphatic carbocycles. The minimum absolute atomic E-state index is 0.0343. The van der Waals surface area contributed by atoms with Crippen molar-refractivity contribution >= 4 is 22.7 Å². The van der Waals surface area contributed by atoms with E-state index in [2.05, 4.69) is 21.1 Å². The molecule has 2 aromatic carbocycles. The van der Waals surface area contributed by atoms with Gasteiger partial charge in [0.15, 0.2) is 0 Å². The van der Waals surface area contributed by atoms with Gasteiger partial charge in [-0.25, -0.2) is 14.4 Å². The molecule has 2 N–H and O–H groups in total. The fourth-order valence-electron chi connectivity index (χ4n) is 2.39. The summed E-state index contributed by atoms with van der Waals surface area (Å²) in [6, 6.07) is 10.6. The van der Waals surface area contributed by atoms with Crippen LogP contribution in [0.5, 0.6) is 0 Å². The SMILES string of the molecule is C=NS(=O)(=O)c1ccccc1-c1ccc(-c2cnc(N)nc2)c(F)c1. The molecule has 8 heteroatoms. The topological polar surface area (TPSA) is 98.3 Å². The summed E-state index contributed by atoms with van der Waals surface area (Å²) in [4.78, 5) is 7.64. The molecule has 1 aromatic heterocycles. The van der Waals surface area contributed by atoms with E-state index >= 15 is 0 Å². The van der Waals surface area contributed by atoms with E-state index in [0.717, 1.165) is 0 Å². The Hall–Kier alpha value is -3.13. The van der Waals surface area contributed by atoms with Gasteiger partial charge in [0.25, 0.3) is 10.0 Å². The molecule has 126 valence electrons. The Balaban J connectivity index is 2.11. The molecule has 3 aromatic rings. The first kappa shape index (κ1) is 16.7. The van der Waals surface area contributed by atoms with Crippen LogP contribution < -0.4 is 5.73 Å². The van der Waals surface area contributed by atoms with Gasteiger partial charge in [-0.1, -0.05) is 30.3 Å². The first-order valence-electron chi connectivity index (χ1n) is 7.12. The van der Waals surface area contributed by atoms with E-state index in [1.807, 2.05) is 0 Å². The van der Waals surface area contributed by atoms with Crippen molar-refractivity contribution in [3.63, 3.8) is 0 Å². The molecule has 6 nitrogen and oxygen atoms in total. The van der Waals surface area contributed by atoms with Crippen molar-refractivity contribution in [1.29, 1.82) is 0 Å². The first-order chi connectivity index (χ1) is 11.9. The summed E-state index contributed by atoms with van der Waals surface area (Å²) in [6.07, 6.45) is 2.83. The molecule has 0 fully saturated rings. The standard InChI is InChI=1S/C17H13FN4O2S/c1-20-25(23,24)16-5-3-2-4-14(16)11-6-7-13(15(18)8-11)12-9-21-17(19)22-10-12/h2-10H,1H2,(H2,19,21,22). The predicted molar refractivity (Wildman–Crippen MR) is 94.0 cm³/mol. The Labute approximate surface area is 144 Å². The summed E-state index contributed by atoms with van der Waals surface area (Å²) in [6.45, 7) is 3.09. The number of nitrogens with two attached hydrogens (primary N) is 1. The zero-order valence-electron chi connectivity index (χ0n) is 12.9. The maximum absolute atomic E-state index is 14.6. The lowest BCUT2D eigenvalue weighted by Gasteiger charge is -2.10. The number of anilines is 1. The highest BCUT2D eigenvalue weighted by molar-refractivity contribution is 7.90. The fraction of sp³-hybridized carbons (Fsp3) is 0. The predicted octanol–water partition coefficient (Wildman–Crippen LogP) is 2.92. The van der Waals surface area contributed by atoms with Crippen molar-refractivity contribution in [2.75, 3.05) is 5.73 Å². The number of benzene rings is 2. The second-order valence-electron chi connectivity index (χ2n) is 5.12. The number of nitrogen functional groups attached to an aromatic ring is 1. The number of aromatic nitrogens is 2. The number of hydrogen-bond acceptors (Lipinski definition) is 5. The van der Waals surface area contributed by atoms with Gasteiger partial charge in [0.05, 0.1) is 4.90 Å². The third-order valence-electron chi connectivity index (χ3n) is 3.60. The van der Waals surface area contributed by atoms with Crippen molar-refractivity contribution in [2.24, 2.45) is 4.40 Å². The highest BCUT2D eigenvalue weighted by atomic mass is 32.2. The maximum Gasteiger partial charge on any atom is 0.282 e. The van der Waals surface area contributed by atoms with E-state index in [-0.39, 0.29) is 16.4 Å². The molecule has 0 atom stereocenters. The maximum atomic E-state index is 14.6. The molecule has 3 rings (SSSR count). The third kappa shape index (κ3) is 3.24. The van der Waals surface area contributed by atoms with Gasteiger partial charge in [-0.05, 0) is 17.7 Å². The molecule has 0 saturated carbocycles. The number of halogens is 1. The lowest BCUT2D eigenvalue weighted by atomic mass is 10.0. The van der Waals surface area contributed by atoms with E-state index in [4.69, 9.17) is 5.73 Å². The van der Waals surface area contributed by atoms with Crippen LogP contribution in [0.1, 0.15) is 0 Å². The van der Waals surface area contributed by atoms with Crippen LogP contribution in [0.25, 0.3) is 22.3 Å². The van der Waals surface area contributed by atoms with Crippen molar-refractivity contribution in [3.8, 4) is 22.3 Å². The van der Waals surface area contributed by atoms with E-state index in [9.17, 15) is 12.8 Å². The second kappa shape index (κ2) is 6.40. The zero-order valence-corrected chi connectivity index (χ0v) is 13.7. The van der Waals surface area contributed by atoms with Crippen molar-refractivity contribution in [1.82, 2.24) is 9.97 Å². The van der Waals surface area contributed by atoms with Crippen molar-refractivity contribution in [3.05, 3.63) is 60.7 Å². The van der Waals surface area contributed by atoms with E-state index < -0.39 is 15.8 Å². The summed E-state index contributed by atoms with van der Waals surface area (Å²) >= 11 is 0. The van der Waals surface area contributed by atoms with Crippen LogP contribution in [0.15, 0.2) is 64.2 Å². The summed E-state index contributed by atoms with van der Waals surface area (Å²) in [5, 5.41) is 0. The van der Waals surface area contributed by atoms with Crippen LogP contribution in [0, 0.1) is 5.82 Å². The Morgan fingerprint density at radius 1 is 1.00 bits per heavy atom. The second-order valence-corrected chi connectivity index (χ2v) is 6.77. The lowest BCUT2D eigenvalue weighted by molar-refractivity contribution is 0.598. The minimum Gasteiger partial charge on any atom is -0.368 e. The van der Waals surface area contributed by atoms with E-state index in [1.165, 1.54) is 30.6 Å². The molecule has 0 aliphatic heterocycles. The van der Waals surface area contributed by atoms with Gasteiger partial charge < -0.3 is 5.73 Å². The van der Waals surface area contributed by atoms with E-state index in [0.29, 0.717) is 16.7 Å². The largest absolute Gasteiger partial charge is 0.368 e. The summed E-state index contributed by atoms with van der Waals surface area (Å²) in [5.74, 6) is -0.443. The van der Waals surface area contributed by atoms with Crippen LogP contribution in [0.2, 0.25) is 0 Å². The molecular weight excluding hydrogens is 343 g/mol. The van der Waals surface area contributed by atoms with Crippen molar-refractivity contribution in [2.45, 2.75) is 4.90 Å². The van der Waals surface area contributed by atoms with E-state index in [1.54, 1.807) is 24.3 Å². The molecule has 0 unspecified atom stereocenters. The van der Waals surface area contributed by atoms with Gasteiger partial charge in [0.2, 0.25) is 5.95 Å². The average Bonchev–Trinajstić information content (AvgIpc) is 2.62. The van der Waals surface area contributed by atoms with Gasteiger partial charge in [-0.15, -0.1) is 0 Å². The molecule has 0 amide bonds. The molecule has 25 heavy (non-hydrogen) atoms. The average molecular weight is 356 g/mol. The Bertz CT molecular complexity index is 1050. The van der Waals surface area contributed by atoms with Crippen LogP contribution in [0.4, 0.5) is 10.3 Å². The Kier molecular flexibility index (Phi) is 4.28. The van der Waals surface area contributed by atoms with Gasteiger partial charge in [0, 0.05) is 35.8 Å². The summed E-state index contributed by atoms with van der Waals surface area (Å²) < 4.78 is 41.8. The van der Waals surface area contributed by atoms with Crippen LogP contribution >= 0.6 is 0 Å². The molecule has 0 saturated heterocycles. The minimum atomic E-state index is -3.90. The first-order valence-corrected chi connectivity index (χ1v) is 8.56. The van der Waals surface area contributed by atoms with Crippen molar-refractivity contribution < 1.29 is 12.8 Å². The molecular formula is C17H13FN4O2S. The molecule has 1 heterocycles. The fourth-order valence-corrected chi connectivity index (χ4v) is 3.25. The van der Waals surface area contributed by atoms with Gasteiger partial charge in [-0.3, -0.25) is 0 Å². The van der Waals surface area contributed by atoms with Gasteiger partial charge >= 0.3 is 0 Å². The number of sulfonamides is 1. The molecule has 0 spiro atoms. The summed E-state index contributed by atoms with van der Waals surface area (Å²) in [7, 11) is -3.90. The number of nitrogens with zero attached hydrogens (tertiary/aromatic N) is 3. The highest BCUT2D eigenvalue weighted by Crippen LogP contribution is 2.31. The monoisotopic (exact) mass is 356 g/mol. The molecule has 0 aliphatic rings. The lowest BCUT2D eigenvalue weighted by Crippen LogP contribution is -1.99. The van der Waals surface area contributed by atoms with Crippen LogP contribution in [0.3, 0.4) is 0 Å². The Morgan fingerprint density at radius 3 is 2.32 bits per heavy atom. The van der Waals surface area contributed by atoms with Crippen LogP contribution in [-0.2, 0) is 10.0 Å². The number of hydrogen-bond donors (Lipinski definition) is 1.